The highest BCUT2D eigenvalue weighted by Crippen LogP contribution is 2.73. The van der Waals surface area contributed by atoms with Gasteiger partial charge in [0.15, 0.2) is 0 Å². The van der Waals surface area contributed by atoms with Gasteiger partial charge in [-0.1, -0.05) is 38.8 Å². The summed E-state index contributed by atoms with van der Waals surface area (Å²) in [6.45, 7) is 8.15. The van der Waals surface area contributed by atoms with Crippen LogP contribution >= 0.6 is 0 Å². The van der Waals surface area contributed by atoms with E-state index in [1.54, 1.807) is 0 Å². The molecule has 2 bridgehead atoms. The van der Waals surface area contributed by atoms with Gasteiger partial charge in [-0.25, -0.2) is 0 Å². The van der Waals surface area contributed by atoms with E-state index < -0.39 is 40.6 Å². The van der Waals surface area contributed by atoms with E-state index in [1.165, 1.54) is 0 Å². The molecule has 30 heavy (non-hydrogen) atoms. The fourth-order valence-corrected chi connectivity index (χ4v) is 8.56. The maximum atomic E-state index is 12.5. The first-order valence-electron chi connectivity index (χ1n) is 11.3. The molecule has 0 saturated heterocycles. The predicted molar refractivity (Wildman–Crippen MR) is 110 cm³/mol. The Balaban J connectivity index is 1.89. The van der Waals surface area contributed by atoms with Crippen molar-refractivity contribution < 1.29 is 29.7 Å². The largest absolute Gasteiger partial charge is 0.481 e. The molecule has 0 amide bonds. The second-order valence-corrected chi connectivity index (χ2v) is 11.2. The zero-order valence-corrected chi connectivity index (χ0v) is 18.4. The summed E-state index contributed by atoms with van der Waals surface area (Å²) in [5.41, 5.74) is -0.709. The summed E-state index contributed by atoms with van der Waals surface area (Å²) in [5.74, 6) is -4.76. The molecule has 6 heteroatoms. The molecule has 5 aliphatic carbocycles. The van der Waals surface area contributed by atoms with Gasteiger partial charge in [0.25, 0.3) is 0 Å². The Labute approximate surface area is 177 Å². The van der Waals surface area contributed by atoms with Crippen LogP contribution in [0.2, 0.25) is 0 Å². The van der Waals surface area contributed by atoms with E-state index in [2.05, 4.69) is 26.8 Å². The van der Waals surface area contributed by atoms with E-state index >= 15 is 0 Å². The predicted octanol–water partition coefficient (Wildman–Crippen LogP) is 4.30. The molecule has 166 valence electrons. The van der Waals surface area contributed by atoms with Crippen LogP contribution in [0.4, 0.5) is 0 Å². The molecule has 8 atom stereocenters. The molecular formula is C24H34O6. The quantitative estimate of drug-likeness (QED) is 0.587. The molecule has 0 unspecified atom stereocenters. The average Bonchev–Trinajstić information content (AvgIpc) is 2.65. The summed E-state index contributed by atoms with van der Waals surface area (Å²) < 4.78 is 0. The SMILES string of the molecule is CC(C)C1=C[C@]23CC[C@H]4[C@](C)(CCC[C@@]4(C)C(=O)O)[C@@H]2C[C@@H]1[C@H](C(=O)O)[C@@H]3C(=O)O. The van der Waals surface area contributed by atoms with Gasteiger partial charge in [0.05, 0.1) is 17.3 Å². The molecule has 6 nitrogen and oxygen atoms in total. The number of carboxylic acid groups (broad SMARTS) is 3. The molecule has 1 spiro atoms. The number of aliphatic carboxylic acids is 3. The lowest BCUT2D eigenvalue weighted by atomic mass is 9.34. The highest BCUT2D eigenvalue weighted by atomic mass is 16.4. The van der Waals surface area contributed by atoms with Crippen LogP contribution < -0.4 is 0 Å². The van der Waals surface area contributed by atoms with Crippen molar-refractivity contribution in [3.05, 3.63) is 11.6 Å². The van der Waals surface area contributed by atoms with Crippen molar-refractivity contribution in [2.75, 3.05) is 0 Å². The first kappa shape index (κ1) is 21.4. The van der Waals surface area contributed by atoms with Gasteiger partial charge in [0.2, 0.25) is 0 Å². The Hall–Kier alpha value is -1.85. The Morgan fingerprint density at radius 2 is 1.67 bits per heavy atom. The molecule has 0 aromatic rings. The maximum Gasteiger partial charge on any atom is 0.309 e. The summed E-state index contributed by atoms with van der Waals surface area (Å²) in [6.07, 6.45) is 6.36. The first-order chi connectivity index (χ1) is 13.9. The third kappa shape index (κ3) is 2.51. The van der Waals surface area contributed by atoms with E-state index in [4.69, 9.17) is 0 Å². The molecule has 3 fully saturated rings. The minimum atomic E-state index is -1.02. The van der Waals surface area contributed by atoms with Gasteiger partial charge >= 0.3 is 17.9 Å². The highest BCUT2D eigenvalue weighted by molar-refractivity contribution is 5.83. The second kappa shape index (κ2) is 6.57. The molecule has 0 radical (unpaired) electrons. The zero-order chi connectivity index (χ0) is 22.2. The monoisotopic (exact) mass is 418 g/mol. The average molecular weight is 419 g/mol. The molecule has 3 saturated carbocycles. The van der Waals surface area contributed by atoms with Crippen LogP contribution in [0, 0.1) is 51.8 Å². The van der Waals surface area contributed by atoms with Crippen molar-refractivity contribution in [1.29, 1.82) is 0 Å². The highest BCUT2D eigenvalue weighted by Gasteiger charge is 2.71. The number of fused-ring (bicyclic) bond motifs is 2. The fraction of sp³-hybridized carbons (Fsp3) is 0.792. The number of hydrogen-bond donors (Lipinski definition) is 3. The van der Waals surface area contributed by atoms with Crippen LogP contribution in [0.3, 0.4) is 0 Å². The molecule has 0 aliphatic heterocycles. The molecule has 3 N–H and O–H groups in total. The first-order valence-corrected chi connectivity index (χ1v) is 11.3. The van der Waals surface area contributed by atoms with Gasteiger partial charge in [-0.15, -0.1) is 0 Å². The van der Waals surface area contributed by atoms with Gasteiger partial charge in [-0.05, 0) is 68.1 Å². The Bertz CT molecular complexity index is 830. The maximum absolute atomic E-state index is 12.5. The van der Waals surface area contributed by atoms with E-state index in [1.807, 2.05) is 6.92 Å². The van der Waals surface area contributed by atoms with Crippen molar-refractivity contribution >= 4 is 17.9 Å². The van der Waals surface area contributed by atoms with Crippen molar-refractivity contribution in [2.24, 2.45) is 51.8 Å². The number of allylic oxidation sites excluding steroid dienone is 2. The molecule has 0 aromatic heterocycles. The zero-order valence-electron chi connectivity index (χ0n) is 18.4. The van der Waals surface area contributed by atoms with Gasteiger partial charge in [-0.3, -0.25) is 14.4 Å². The summed E-state index contributed by atoms with van der Waals surface area (Å²) in [5, 5.41) is 30.3. The van der Waals surface area contributed by atoms with Crippen molar-refractivity contribution in [3.8, 4) is 0 Å². The van der Waals surface area contributed by atoms with Crippen LogP contribution in [-0.4, -0.2) is 33.2 Å². The van der Waals surface area contributed by atoms with Gasteiger partial charge in [0.1, 0.15) is 0 Å². The fourth-order valence-electron chi connectivity index (χ4n) is 8.56. The number of carboxylic acids is 3. The van der Waals surface area contributed by atoms with Crippen LogP contribution in [0.5, 0.6) is 0 Å². The van der Waals surface area contributed by atoms with Gasteiger partial charge in [-0.2, -0.15) is 0 Å². The summed E-state index contributed by atoms with van der Waals surface area (Å²) in [6, 6.07) is 0. The standard InChI is InChI=1S/C24H34O6/c1-12(2)14-11-24-9-6-15-22(3,7-5-8-23(15,4)21(29)30)16(24)10-13(14)17(19(25)26)18(24)20(27)28/h11-13,15-18H,5-10H2,1-4H3,(H,25,26)(H,27,28)(H,29,30)/t13-,15-,16-,17-,18+,22-,23+,24+/m0/s1. The van der Waals surface area contributed by atoms with E-state index in [-0.39, 0.29) is 29.1 Å². The Morgan fingerprint density at radius 3 is 2.20 bits per heavy atom. The summed E-state index contributed by atoms with van der Waals surface area (Å²) in [7, 11) is 0. The van der Waals surface area contributed by atoms with Crippen molar-refractivity contribution in [3.63, 3.8) is 0 Å². The smallest absolute Gasteiger partial charge is 0.309 e. The Morgan fingerprint density at radius 1 is 1.00 bits per heavy atom. The summed E-state index contributed by atoms with van der Waals surface area (Å²) >= 11 is 0. The van der Waals surface area contributed by atoms with Crippen LogP contribution in [0.25, 0.3) is 0 Å². The van der Waals surface area contributed by atoms with Gasteiger partial charge < -0.3 is 15.3 Å². The molecule has 0 heterocycles. The van der Waals surface area contributed by atoms with Gasteiger partial charge in [0, 0.05) is 5.41 Å². The van der Waals surface area contributed by atoms with Crippen LogP contribution in [-0.2, 0) is 14.4 Å². The normalized spacial score (nSPS) is 47.2. The molecule has 0 aromatic carbocycles. The Kier molecular flexibility index (Phi) is 4.68. The van der Waals surface area contributed by atoms with Crippen molar-refractivity contribution in [2.45, 2.75) is 66.2 Å². The van der Waals surface area contributed by atoms with Crippen LogP contribution in [0.1, 0.15) is 66.2 Å². The lowest BCUT2D eigenvalue weighted by Crippen LogP contribution is -2.66. The lowest BCUT2D eigenvalue weighted by Gasteiger charge is -2.68. The topological polar surface area (TPSA) is 112 Å². The lowest BCUT2D eigenvalue weighted by molar-refractivity contribution is -0.207. The third-order valence-electron chi connectivity index (χ3n) is 9.72. The minimum Gasteiger partial charge on any atom is -0.481 e. The number of rotatable bonds is 4. The number of hydrogen-bond acceptors (Lipinski definition) is 3. The van der Waals surface area contributed by atoms with Crippen LogP contribution in [0.15, 0.2) is 11.6 Å². The third-order valence-corrected chi connectivity index (χ3v) is 9.72. The van der Waals surface area contributed by atoms with E-state index in [0.29, 0.717) is 25.7 Å². The molecule has 5 rings (SSSR count). The molecular weight excluding hydrogens is 384 g/mol. The van der Waals surface area contributed by atoms with Crippen molar-refractivity contribution in [1.82, 2.24) is 0 Å². The van der Waals surface area contributed by atoms with E-state index in [9.17, 15) is 29.7 Å². The molecule has 5 aliphatic rings. The minimum absolute atomic E-state index is 0.00641. The summed E-state index contributed by atoms with van der Waals surface area (Å²) in [4.78, 5) is 37.0. The number of carbonyl (C=O) groups is 3. The second-order valence-electron chi connectivity index (χ2n) is 11.2. The van der Waals surface area contributed by atoms with E-state index in [0.717, 1.165) is 18.4 Å².